The molecular formula is C12H23NO3. The molecule has 0 aromatic carbocycles. The van der Waals surface area contributed by atoms with Crippen LogP contribution in [0.3, 0.4) is 0 Å². The zero-order chi connectivity index (χ0) is 11.8. The average Bonchev–Trinajstić information content (AvgIpc) is 2.75. The number of hydrogen-bond acceptors (Lipinski definition) is 3. The lowest BCUT2D eigenvalue weighted by Crippen LogP contribution is -2.38. The van der Waals surface area contributed by atoms with Crippen LogP contribution < -0.4 is 0 Å². The molecule has 0 atom stereocenters. The first kappa shape index (κ1) is 13.5. The van der Waals surface area contributed by atoms with Crippen LogP contribution in [0.4, 0.5) is 0 Å². The molecule has 1 N–H and O–H groups in total. The third-order valence-corrected chi connectivity index (χ3v) is 3.12. The van der Waals surface area contributed by atoms with Gasteiger partial charge in [-0.3, -0.25) is 9.69 Å². The highest BCUT2D eigenvalue weighted by molar-refractivity contribution is 5.69. The van der Waals surface area contributed by atoms with E-state index in [0.717, 1.165) is 39.0 Å². The van der Waals surface area contributed by atoms with E-state index in [1.807, 2.05) is 6.92 Å². The Bertz CT molecular complexity index is 202. The molecule has 0 aromatic rings. The summed E-state index contributed by atoms with van der Waals surface area (Å²) in [6.07, 6.45) is 5.72. The molecule has 94 valence electrons. The second-order valence-electron chi connectivity index (χ2n) is 4.35. The van der Waals surface area contributed by atoms with Gasteiger partial charge in [0.25, 0.3) is 0 Å². The van der Waals surface area contributed by atoms with Crippen molar-refractivity contribution < 1.29 is 14.6 Å². The van der Waals surface area contributed by atoms with Crippen molar-refractivity contribution >= 4 is 5.97 Å². The van der Waals surface area contributed by atoms with Crippen LogP contribution in [-0.2, 0) is 9.53 Å². The van der Waals surface area contributed by atoms with Crippen molar-refractivity contribution in [2.24, 2.45) is 0 Å². The van der Waals surface area contributed by atoms with Crippen LogP contribution in [0.5, 0.6) is 0 Å². The van der Waals surface area contributed by atoms with Crippen molar-refractivity contribution in [2.75, 3.05) is 26.3 Å². The smallest absolute Gasteiger partial charge is 0.317 e. The maximum Gasteiger partial charge on any atom is 0.317 e. The Balaban J connectivity index is 2.28. The van der Waals surface area contributed by atoms with Gasteiger partial charge in [-0.2, -0.15) is 0 Å². The zero-order valence-electron chi connectivity index (χ0n) is 10.2. The average molecular weight is 229 g/mol. The van der Waals surface area contributed by atoms with Gasteiger partial charge in [0, 0.05) is 25.8 Å². The monoisotopic (exact) mass is 229 g/mol. The van der Waals surface area contributed by atoms with Gasteiger partial charge >= 0.3 is 5.97 Å². The van der Waals surface area contributed by atoms with Crippen molar-refractivity contribution in [3.05, 3.63) is 0 Å². The molecule has 0 aromatic heterocycles. The number of rotatable bonds is 8. The van der Waals surface area contributed by atoms with E-state index >= 15 is 0 Å². The fraction of sp³-hybridized carbons (Fsp3) is 0.917. The van der Waals surface area contributed by atoms with Gasteiger partial charge in [-0.05, 0) is 26.2 Å². The fourth-order valence-electron chi connectivity index (χ4n) is 2.35. The first-order valence-corrected chi connectivity index (χ1v) is 6.27. The highest BCUT2D eigenvalue weighted by Crippen LogP contribution is 2.23. The van der Waals surface area contributed by atoms with Gasteiger partial charge in [0.2, 0.25) is 0 Å². The minimum Gasteiger partial charge on any atom is -0.480 e. The van der Waals surface area contributed by atoms with Crippen molar-refractivity contribution in [2.45, 2.75) is 45.1 Å². The molecule has 1 rings (SSSR count). The van der Waals surface area contributed by atoms with Gasteiger partial charge in [0.05, 0.1) is 6.54 Å². The second-order valence-corrected chi connectivity index (χ2v) is 4.35. The first-order chi connectivity index (χ1) is 7.74. The number of carboxylic acids is 1. The highest BCUT2D eigenvalue weighted by atomic mass is 16.5. The Labute approximate surface area is 97.6 Å². The Morgan fingerprint density at radius 3 is 2.69 bits per heavy atom. The SMILES string of the molecule is CCOCCCN(CC(=O)O)C1CCCC1. The molecule has 4 heteroatoms. The molecule has 1 aliphatic rings. The van der Waals surface area contributed by atoms with E-state index in [1.54, 1.807) is 0 Å². The molecular weight excluding hydrogens is 206 g/mol. The molecule has 16 heavy (non-hydrogen) atoms. The van der Waals surface area contributed by atoms with Crippen LogP contribution in [0.2, 0.25) is 0 Å². The molecule has 0 radical (unpaired) electrons. The molecule has 0 bridgehead atoms. The number of ether oxygens (including phenoxy) is 1. The van der Waals surface area contributed by atoms with Crippen LogP contribution >= 0.6 is 0 Å². The van der Waals surface area contributed by atoms with E-state index in [1.165, 1.54) is 12.8 Å². The fourth-order valence-corrected chi connectivity index (χ4v) is 2.35. The van der Waals surface area contributed by atoms with Gasteiger partial charge < -0.3 is 9.84 Å². The summed E-state index contributed by atoms with van der Waals surface area (Å²) in [5, 5.41) is 8.87. The van der Waals surface area contributed by atoms with E-state index in [2.05, 4.69) is 4.90 Å². The van der Waals surface area contributed by atoms with Crippen LogP contribution in [0.1, 0.15) is 39.0 Å². The van der Waals surface area contributed by atoms with Crippen molar-refractivity contribution in [3.63, 3.8) is 0 Å². The quantitative estimate of drug-likeness (QED) is 0.644. The molecule has 0 heterocycles. The van der Waals surface area contributed by atoms with Crippen LogP contribution in [0.25, 0.3) is 0 Å². The molecule has 0 saturated heterocycles. The molecule has 0 spiro atoms. The van der Waals surface area contributed by atoms with Crippen LogP contribution in [-0.4, -0.2) is 48.3 Å². The number of nitrogens with zero attached hydrogens (tertiary/aromatic N) is 1. The summed E-state index contributed by atoms with van der Waals surface area (Å²) in [4.78, 5) is 12.9. The molecule has 1 fully saturated rings. The van der Waals surface area contributed by atoms with E-state index in [-0.39, 0.29) is 6.54 Å². The van der Waals surface area contributed by atoms with Gasteiger partial charge in [-0.15, -0.1) is 0 Å². The topological polar surface area (TPSA) is 49.8 Å². The highest BCUT2D eigenvalue weighted by Gasteiger charge is 2.23. The zero-order valence-corrected chi connectivity index (χ0v) is 10.2. The summed E-state index contributed by atoms with van der Waals surface area (Å²) in [5.74, 6) is -0.719. The lowest BCUT2D eigenvalue weighted by molar-refractivity contribution is -0.139. The number of carboxylic acid groups (broad SMARTS) is 1. The van der Waals surface area contributed by atoms with Gasteiger partial charge in [-0.1, -0.05) is 12.8 Å². The van der Waals surface area contributed by atoms with E-state index in [9.17, 15) is 4.79 Å². The normalized spacial score (nSPS) is 17.1. The van der Waals surface area contributed by atoms with Gasteiger partial charge in [-0.25, -0.2) is 0 Å². The summed E-state index contributed by atoms with van der Waals surface area (Å²) >= 11 is 0. The predicted molar refractivity (Wildman–Crippen MR) is 62.6 cm³/mol. The number of carbonyl (C=O) groups is 1. The maximum absolute atomic E-state index is 10.8. The summed E-state index contributed by atoms with van der Waals surface area (Å²) < 4.78 is 5.28. The third-order valence-electron chi connectivity index (χ3n) is 3.12. The Hall–Kier alpha value is -0.610. The lowest BCUT2D eigenvalue weighted by atomic mass is 10.2. The van der Waals surface area contributed by atoms with E-state index in [4.69, 9.17) is 9.84 Å². The molecule has 0 aliphatic heterocycles. The molecule has 0 unspecified atom stereocenters. The Morgan fingerprint density at radius 1 is 1.44 bits per heavy atom. The predicted octanol–water partition coefficient (Wildman–Crippen LogP) is 1.74. The van der Waals surface area contributed by atoms with Gasteiger partial charge in [0.15, 0.2) is 0 Å². The lowest BCUT2D eigenvalue weighted by Gasteiger charge is -2.26. The van der Waals surface area contributed by atoms with Crippen LogP contribution in [0.15, 0.2) is 0 Å². The standard InChI is InChI=1S/C12H23NO3/c1-2-16-9-5-8-13(10-12(14)15)11-6-3-4-7-11/h11H,2-10H2,1H3,(H,14,15). The van der Waals surface area contributed by atoms with Gasteiger partial charge in [0.1, 0.15) is 0 Å². The number of aliphatic carboxylic acids is 1. The minimum absolute atomic E-state index is 0.177. The summed E-state index contributed by atoms with van der Waals surface area (Å²) in [5.41, 5.74) is 0. The third kappa shape index (κ3) is 4.94. The Morgan fingerprint density at radius 2 is 2.12 bits per heavy atom. The van der Waals surface area contributed by atoms with Crippen molar-refractivity contribution in [3.8, 4) is 0 Å². The van der Waals surface area contributed by atoms with Crippen molar-refractivity contribution in [1.29, 1.82) is 0 Å². The van der Waals surface area contributed by atoms with E-state index in [0.29, 0.717) is 6.04 Å². The Kier molecular flexibility index (Phi) is 6.42. The maximum atomic E-state index is 10.8. The first-order valence-electron chi connectivity index (χ1n) is 6.27. The van der Waals surface area contributed by atoms with Crippen LogP contribution in [0, 0.1) is 0 Å². The molecule has 0 amide bonds. The van der Waals surface area contributed by atoms with E-state index < -0.39 is 5.97 Å². The van der Waals surface area contributed by atoms with Crippen molar-refractivity contribution in [1.82, 2.24) is 4.90 Å². The summed E-state index contributed by atoms with van der Waals surface area (Å²) in [6, 6.07) is 0.484. The minimum atomic E-state index is -0.719. The summed E-state index contributed by atoms with van der Waals surface area (Å²) in [7, 11) is 0. The molecule has 1 aliphatic carbocycles. The second kappa shape index (κ2) is 7.63. The largest absolute Gasteiger partial charge is 0.480 e. The molecule has 1 saturated carbocycles. The summed E-state index contributed by atoms with van der Waals surface area (Å²) in [6.45, 7) is 4.47. The number of hydrogen-bond donors (Lipinski definition) is 1. The molecule has 4 nitrogen and oxygen atoms in total.